The van der Waals surface area contributed by atoms with Gasteiger partial charge < -0.3 is 14.9 Å². The number of aromatic amines is 2. The molecule has 1 atom stereocenters. The van der Waals surface area contributed by atoms with E-state index in [-0.39, 0.29) is 0 Å². The summed E-state index contributed by atoms with van der Waals surface area (Å²) in [4.78, 5) is 18.1. The fourth-order valence-corrected chi connectivity index (χ4v) is 5.59. The van der Waals surface area contributed by atoms with Gasteiger partial charge in [-0.05, 0) is 111 Å². The summed E-state index contributed by atoms with van der Waals surface area (Å²) in [7, 11) is 0. The van der Waals surface area contributed by atoms with Gasteiger partial charge in [0, 0.05) is 41.4 Å². The minimum atomic E-state index is 0.306. The van der Waals surface area contributed by atoms with E-state index in [4.69, 9.17) is 16.6 Å². The van der Waals surface area contributed by atoms with Crippen LogP contribution in [0.15, 0.2) is 67.5 Å². The third-order valence-electron chi connectivity index (χ3n) is 7.21. The first-order valence-electron chi connectivity index (χ1n) is 12.8. The van der Waals surface area contributed by atoms with Gasteiger partial charge in [-0.1, -0.05) is 23.7 Å². The summed E-state index contributed by atoms with van der Waals surface area (Å²) in [5.74, 6) is 0.306. The molecule has 35 heavy (non-hydrogen) atoms. The summed E-state index contributed by atoms with van der Waals surface area (Å²) < 4.78 is 0. The Bertz CT molecular complexity index is 1150. The molecule has 3 heterocycles. The molecule has 0 radical (unpaired) electrons. The molecular weight excluding hydrogens is 454 g/mol. The van der Waals surface area contributed by atoms with Gasteiger partial charge in [-0.25, -0.2) is 4.98 Å². The van der Waals surface area contributed by atoms with E-state index in [1.54, 1.807) is 6.33 Å². The lowest BCUT2D eigenvalue weighted by molar-refractivity contribution is 0.259. The quantitative estimate of drug-likeness (QED) is 0.274. The Hall–Kier alpha value is -2.89. The molecule has 182 valence electrons. The molecule has 0 spiro atoms. The second kappa shape index (κ2) is 11.7. The van der Waals surface area contributed by atoms with E-state index >= 15 is 0 Å². The van der Waals surface area contributed by atoms with Gasteiger partial charge in [0.25, 0.3) is 0 Å². The second-order valence-corrected chi connectivity index (χ2v) is 10.0. The number of hydrogen-bond donors (Lipinski definition) is 2. The number of nitrogens with one attached hydrogen (secondary N) is 2. The lowest BCUT2D eigenvalue weighted by atomic mass is 9.88. The topological polar surface area (TPSA) is 60.6 Å². The van der Waals surface area contributed by atoms with Gasteiger partial charge in [0.15, 0.2) is 0 Å². The fourth-order valence-electron chi connectivity index (χ4n) is 5.40. The Morgan fingerprint density at radius 3 is 2.71 bits per heavy atom. The van der Waals surface area contributed by atoms with Gasteiger partial charge in [-0.3, -0.25) is 4.98 Å². The highest BCUT2D eigenvalue weighted by molar-refractivity contribution is 6.30. The first-order chi connectivity index (χ1) is 17.3. The average Bonchev–Trinajstić information content (AvgIpc) is 3.56. The first-order valence-corrected chi connectivity index (χ1v) is 13.2. The normalized spacial score (nSPS) is 15.1. The average molecular weight is 488 g/mol. The van der Waals surface area contributed by atoms with Crippen molar-refractivity contribution in [2.75, 3.05) is 19.6 Å². The lowest BCUT2D eigenvalue weighted by Crippen LogP contribution is -2.29. The Labute approximate surface area is 213 Å². The van der Waals surface area contributed by atoms with Crippen molar-refractivity contribution in [1.29, 1.82) is 0 Å². The number of aromatic nitrogens is 4. The molecule has 1 aromatic carbocycles. The van der Waals surface area contributed by atoms with Crippen molar-refractivity contribution in [1.82, 2.24) is 24.8 Å². The third kappa shape index (κ3) is 6.22. The number of hydrogen-bond acceptors (Lipinski definition) is 3. The van der Waals surface area contributed by atoms with Crippen molar-refractivity contribution in [3.8, 4) is 0 Å². The molecule has 0 amide bonds. The standard InChI is InChI=1S/C29H34ClN5/c30-25-9-10-27-24(18-25)8-7-23-5-1-13-33-29(23)28(27)12-17-35(15-2-4-22-11-14-31-19-22)16-3-6-26-20-32-21-34-26/h1,5,9-11,13-14,18-21,28,31H,2-4,6-8,12,15-17H2,(H,32,34). The van der Waals surface area contributed by atoms with Crippen LogP contribution < -0.4 is 0 Å². The molecule has 0 saturated carbocycles. The van der Waals surface area contributed by atoms with Crippen molar-refractivity contribution in [2.24, 2.45) is 0 Å². The second-order valence-electron chi connectivity index (χ2n) is 9.58. The number of fused-ring (bicyclic) bond motifs is 2. The zero-order valence-electron chi connectivity index (χ0n) is 20.2. The Balaban J connectivity index is 1.29. The Morgan fingerprint density at radius 2 is 1.89 bits per heavy atom. The lowest BCUT2D eigenvalue weighted by Gasteiger charge is -2.26. The predicted octanol–water partition coefficient (Wildman–Crippen LogP) is 5.97. The Morgan fingerprint density at radius 1 is 1.00 bits per heavy atom. The van der Waals surface area contributed by atoms with Gasteiger partial charge in [0.2, 0.25) is 0 Å². The molecule has 5 rings (SSSR count). The van der Waals surface area contributed by atoms with Crippen LogP contribution in [0.25, 0.3) is 0 Å². The zero-order valence-corrected chi connectivity index (χ0v) is 21.0. The minimum absolute atomic E-state index is 0.306. The Kier molecular flexibility index (Phi) is 7.96. The molecule has 0 saturated heterocycles. The van der Waals surface area contributed by atoms with Crippen LogP contribution in [0.5, 0.6) is 0 Å². The summed E-state index contributed by atoms with van der Waals surface area (Å²) >= 11 is 6.38. The minimum Gasteiger partial charge on any atom is -0.367 e. The first kappa shape index (κ1) is 23.8. The number of nitrogens with zero attached hydrogens (tertiary/aromatic N) is 3. The molecule has 1 aliphatic carbocycles. The summed E-state index contributed by atoms with van der Waals surface area (Å²) in [6, 6.07) is 12.9. The zero-order chi connectivity index (χ0) is 23.9. The van der Waals surface area contributed by atoms with Crippen LogP contribution in [-0.2, 0) is 25.7 Å². The van der Waals surface area contributed by atoms with Crippen molar-refractivity contribution < 1.29 is 0 Å². The number of rotatable bonds is 11. The molecule has 2 N–H and O–H groups in total. The van der Waals surface area contributed by atoms with Crippen LogP contribution in [0.4, 0.5) is 0 Å². The third-order valence-corrected chi connectivity index (χ3v) is 7.45. The van der Waals surface area contributed by atoms with Crippen molar-refractivity contribution in [3.05, 3.63) is 106 Å². The van der Waals surface area contributed by atoms with Crippen molar-refractivity contribution in [3.63, 3.8) is 0 Å². The number of aryl methyl sites for hydroxylation is 4. The highest BCUT2D eigenvalue weighted by Gasteiger charge is 2.25. The molecule has 6 heteroatoms. The molecule has 0 bridgehead atoms. The molecule has 4 aromatic rings. The largest absolute Gasteiger partial charge is 0.367 e. The maximum absolute atomic E-state index is 6.38. The van der Waals surface area contributed by atoms with Crippen LogP contribution in [-0.4, -0.2) is 44.5 Å². The monoisotopic (exact) mass is 487 g/mol. The molecule has 5 nitrogen and oxygen atoms in total. The van der Waals surface area contributed by atoms with E-state index in [0.717, 1.165) is 69.6 Å². The predicted molar refractivity (Wildman–Crippen MR) is 142 cm³/mol. The SMILES string of the molecule is Clc1ccc2c(c1)CCc1cccnc1C2CCN(CCCc1cc[nH]c1)CCCc1cnc[nH]1. The highest BCUT2D eigenvalue weighted by atomic mass is 35.5. The number of H-pyrrole nitrogens is 2. The molecule has 1 unspecified atom stereocenters. The van der Waals surface area contributed by atoms with Gasteiger partial charge in [-0.15, -0.1) is 0 Å². The maximum Gasteiger partial charge on any atom is 0.0921 e. The summed E-state index contributed by atoms with van der Waals surface area (Å²) in [5.41, 5.74) is 8.00. The smallest absolute Gasteiger partial charge is 0.0921 e. The van der Waals surface area contributed by atoms with E-state index in [9.17, 15) is 0 Å². The molecule has 0 fully saturated rings. The van der Waals surface area contributed by atoms with Gasteiger partial charge in [0.1, 0.15) is 0 Å². The van der Waals surface area contributed by atoms with E-state index in [1.807, 2.05) is 24.7 Å². The van der Waals surface area contributed by atoms with Crippen LogP contribution in [0.1, 0.15) is 58.8 Å². The fraction of sp³-hybridized carbons (Fsp3) is 0.379. The number of pyridine rings is 1. The van der Waals surface area contributed by atoms with Gasteiger partial charge in [0.05, 0.1) is 12.0 Å². The van der Waals surface area contributed by atoms with Crippen molar-refractivity contribution in [2.45, 2.75) is 50.9 Å². The van der Waals surface area contributed by atoms with Crippen LogP contribution in [0.2, 0.25) is 5.02 Å². The van der Waals surface area contributed by atoms with E-state index in [2.05, 4.69) is 56.4 Å². The van der Waals surface area contributed by atoms with E-state index in [1.165, 1.54) is 33.6 Å². The molecule has 3 aromatic heterocycles. The maximum atomic E-state index is 6.38. The number of imidazole rings is 1. The van der Waals surface area contributed by atoms with Crippen LogP contribution in [0, 0.1) is 0 Å². The molecule has 0 aliphatic heterocycles. The van der Waals surface area contributed by atoms with E-state index in [0.29, 0.717) is 5.92 Å². The highest BCUT2D eigenvalue weighted by Crippen LogP contribution is 2.36. The van der Waals surface area contributed by atoms with Gasteiger partial charge >= 0.3 is 0 Å². The summed E-state index contributed by atoms with van der Waals surface area (Å²) in [6.45, 7) is 3.24. The number of halogens is 1. The molecular formula is C29H34ClN5. The van der Waals surface area contributed by atoms with E-state index < -0.39 is 0 Å². The number of benzene rings is 1. The summed E-state index contributed by atoms with van der Waals surface area (Å²) in [5, 5.41) is 0.826. The van der Waals surface area contributed by atoms with Crippen LogP contribution >= 0.6 is 11.6 Å². The van der Waals surface area contributed by atoms with Crippen molar-refractivity contribution >= 4 is 11.6 Å². The van der Waals surface area contributed by atoms with Gasteiger partial charge in [-0.2, -0.15) is 0 Å². The molecule has 1 aliphatic rings. The summed E-state index contributed by atoms with van der Waals surface area (Å²) in [6.07, 6.45) is 17.3. The van der Waals surface area contributed by atoms with Crippen LogP contribution in [0.3, 0.4) is 0 Å².